The van der Waals surface area contributed by atoms with Gasteiger partial charge in [-0.3, -0.25) is 0 Å². The van der Waals surface area contributed by atoms with Crippen molar-refractivity contribution in [3.8, 4) is 23.3 Å². The number of rotatable bonds is 4. The Morgan fingerprint density at radius 1 is 1.22 bits per heavy atom. The molecule has 0 bridgehead atoms. The van der Waals surface area contributed by atoms with Gasteiger partial charge in [-0.2, -0.15) is 5.26 Å². The van der Waals surface area contributed by atoms with E-state index in [2.05, 4.69) is 27.0 Å². The Balaban J connectivity index is 1.70. The van der Waals surface area contributed by atoms with Crippen molar-refractivity contribution in [1.82, 2.24) is 4.98 Å². The second kappa shape index (κ2) is 6.67. The summed E-state index contributed by atoms with van der Waals surface area (Å²) in [4.78, 5) is 4.43. The molecule has 0 aliphatic heterocycles. The van der Waals surface area contributed by atoms with Crippen LogP contribution in [0.5, 0.6) is 5.75 Å². The zero-order chi connectivity index (χ0) is 16.2. The van der Waals surface area contributed by atoms with Gasteiger partial charge >= 0.3 is 0 Å². The van der Waals surface area contributed by atoms with Crippen LogP contribution in [0, 0.1) is 18.3 Å². The second-order valence-electron chi connectivity index (χ2n) is 5.03. The summed E-state index contributed by atoms with van der Waals surface area (Å²) in [5.41, 5.74) is 3.16. The van der Waals surface area contributed by atoms with Crippen LogP contribution in [0.25, 0.3) is 11.5 Å². The van der Waals surface area contributed by atoms with E-state index in [0.29, 0.717) is 23.8 Å². The third-order valence-electron chi connectivity index (χ3n) is 3.32. The Kier molecular flexibility index (Phi) is 4.45. The number of nitrogens with zero attached hydrogens (tertiary/aromatic N) is 2. The lowest BCUT2D eigenvalue weighted by molar-refractivity contribution is 0.299. The van der Waals surface area contributed by atoms with Crippen LogP contribution in [0.4, 0.5) is 0 Å². The smallest absolute Gasteiger partial charge is 0.226 e. The predicted molar refractivity (Wildman–Crippen MR) is 89.9 cm³/mol. The standard InChI is InChI=1S/C18H13BrN2O2/c1-12-8-13(9-20)2-7-17(12)22-10-16-11-23-18(21-16)14-3-5-15(19)6-4-14/h2-8,11H,10H2,1H3. The van der Waals surface area contributed by atoms with Crippen molar-refractivity contribution in [2.24, 2.45) is 0 Å². The zero-order valence-corrected chi connectivity index (χ0v) is 14.0. The Labute approximate surface area is 142 Å². The van der Waals surface area contributed by atoms with Crippen LogP contribution in [0.2, 0.25) is 0 Å². The maximum Gasteiger partial charge on any atom is 0.226 e. The molecule has 0 radical (unpaired) electrons. The number of ether oxygens (including phenoxy) is 1. The van der Waals surface area contributed by atoms with Crippen molar-refractivity contribution >= 4 is 15.9 Å². The average molecular weight is 369 g/mol. The summed E-state index contributed by atoms with van der Waals surface area (Å²) in [5, 5.41) is 8.87. The monoisotopic (exact) mass is 368 g/mol. The number of aryl methyl sites for hydroxylation is 1. The first-order valence-electron chi connectivity index (χ1n) is 6.99. The van der Waals surface area contributed by atoms with E-state index in [1.165, 1.54) is 0 Å². The second-order valence-corrected chi connectivity index (χ2v) is 5.95. The number of oxazole rings is 1. The molecule has 0 aliphatic rings. The van der Waals surface area contributed by atoms with Crippen LogP contribution in [0.1, 0.15) is 16.8 Å². The van der Waals surface area contributed by atoms with Gasteiger partial charge in [0, 0.05) is 10.0 Å². The van der Waals surface area contributed by atoms with Gasteiger partial charge in [-0.25, -0.2) is 4.98 Å². The summed E-state index contributed by atoms with van der Waals surface area (Å²) in [5.74, 6) is 1.30. The molecular formula is C18H13BrN2O2. The van der Waals surface area contributed by atoms with Gasteiger partial charge in [-0.05, 0) is 55.0 Å². The van der Waals surface area contributed by atoms with Crippen LogP contribution < -0.4 is 4.74 Å². The molecule has 0 spiro atoms. The Morgan fingerprint density at radius 3 is 2.70 bits per heavy atom. The van der Waals surface area contributed by atoms with E-state index >= 15 is 0 Å². The topological polar surface area (TPSA) is 59.0 Å². The Bertz CT molecular complexity index is 863. The van der Waals surface area contributed by atoms with E-state index in [4.69, 9.17) is 14.4 Å². The molecule has 3 rings (SSSR count). The number of hydrogen-bond acceptors (Lipinski definition) is 4. The molecule has 0 aliphatic carbocycles. The summed E-state index contributed by atoms with van der Waals surface area (Å²) in [6, 6.07) is 15.2. The van der Waals surface area contributed by atoms with E-state index in [0.717, 1.165) is 21.3 Å². The molecule has 0 fully saturated rings. The molecule has 0 atom stereocenters. The summed E-state index contributed by atoms with van der Waals surface area (Å²) in [7, 11) is 0. The lowest BCUT2D eigenvalue weighted by Gasteiger charge is -2.07. The first kappa shape index (κ1) is 15.3. The summed E-state index contributed by atoms with van der Waals surface area (Å²) in [6.07, 6.45) is 1.59. The molecular weight excluding hydrogens is 356 g/mol. The lowest BCUT2D eigenvalue weighted by atomic mass is 10.1. The van der Waals surface area contributed by atoms with E-state index in [9.17, 15) is 0 Å². The highest BCUT2D eigenvalue weighted by Gasteiger charge is 2.08. The van der Waals surface area contributed by atoms with Gasteiger partial charge < -0.3 is 9.15 Å². The first-order valence-corrected chi connectivity index (χ1v) is 7.79. The predicted octanol–water partition coefficient (Wildman–Crippen LogP) is 4.86. The average Bonchev–Trinajstić information content (AvgIpc) is 3.03. The molecule has 0 amide bonds. The van der Waals surface area contributed by atoms with Crippen molar-refractivity contribution < 1.29 is 9.15 Å². The minimum atomic E-state index is 0.312. The van der Waals surface area contributed by atoms with Crippen molar-refractivity contribution in [2.45, 2.75) is 13.5 Å². The fourth-order valence-electron chi connectivity index (χ4n) is 2.13. The molecule has 1 heterocycles. The van der Waals surface area contributed by atoms with Gasteiger partial charge in [0.1, 0.15) is 24.3 Å². The zero-order valence-electron chi connectivity index (χ0n) is 12.4. The SMILES string of the molecule is Cc1cc(C#N)ccc1OCc1coc(-c2ccc(Br)cc2)n1. The highest BCUT2D eigenvalue weighted by molar-refractivity contribution is 9.10. The fourth-order valence-corrected chi connectivity index (χ4v) is 2.40. The number of nitriles is 1. The molecule has 23 heavy (non-hydrogen) atoms. The van der Waals surface area contributed by atoms with E-state index in [1.807, 2.05) is 31.2 Å². The van der Waals surface area contributed by atoms with Crippen molar-refractivity contribution in [3.05, 3.63) is 70.0 Å². The van der Waals surface area contributed by atoms with Gasteiger partial charge in [0.25, 0.3) is 0 Å². The number of benzene rings is 2. The van der Waals surface area contributed by atoms with Gasteiger partial charge in [0.2, 0.25) is 5.89 Å². The highest BCUT2D eigenvalue weighted by atomic mass is 79.9. The maximum atomic E-state index is 8.87. The Hall–Kier alpha value is -2.58. The van der Waals surface area contributed by atoms with Gasteiger partial charge in [-0.15, -0.1) is 0 Å². The maximum absolute atomic E-state index is 8.87. The first-order chi connectivity index (χ1) is 11.2. The summed E-state index contributed by atoms with van der Waals surface area (Å²) < 4.78 is 12.3. The van der Waals surface area contributed by atoms with E-state index < -0.39 is 0 Å². The van der Waals surface area contributed by atoms with Crippen LogP contribution >= 0.6 is 15.9 Å². The van der Waals surface area contributed by atoms with Gasteiger partial charge in [-0.1, -0.05) is 15.9 Å². The van der Waals surface area contributed by atoms with Crippen molar-refractivity contribution in [3.63, 3.8) is 0 Å². The molecule has 5 heteroatoms. The lowest BCUT2D eigenvalue weighted by Crippen LogP contribution is -1.97. The molecule has 0 N–H and O–H groups in total. The molecule has 0 saturated carbocycles. The van der Waals surface area contributed by atoms with E-state index in [-0.39, 0.29) is 0 Å². The quantitative estimate of drug-likeness (QED) is 0.659. The third-order valence-corrected chi connectivity index (χ3v) is 3.85. The molecule has 3 aromatic rings. The fraction of sp³-hybridized carbons (Fsp3) is 0.111. The minimum Gasteiger partial charge on any atom is -0.487 e. The number of hydrogen-bond donors (Lipinski definition) is 0. The molecule has 0 saturated heterocycles. The van der Waals surface area contributed by atoms with Crippen LogP contribution in [-0.2, 0) is 6.61 Å². The summed E-state index contributed by atoms with van der Waals surface area (Å²) in [6.45, 7) is 2.22. The largest absolute Gasteiger partial charge is 0.487 e. The molecule has 4 nitrogen and oxygen atoms in total. The van der Waals surface area contributed by atoms with Crippen LogP contribution in [0.15, 0.2) is 57.6 Å². The third kappa shape index (κ3) is 3.61. The highest BCUT2D eigenvalue weighted by Crippen LogP contribution is 2.23. The van der Waals surface area contributed by atoms with Crippen molar-refractivity contribution in [2.75, 3.05) is 0 Å². The van der Waals surface area contributed by atoms with Crippen LogP contribution in [0.3, 0.4) is 0 Å². The van der Waals surface area contributed by atoms with E-state index in [1.54, 1.807) is 24.5 Å². The molecule has 114 valence electrons. The Morgan fingerprint density at radius 2 is 2.00 bits per heavy atom. The van der Waals surface area contributed by atoms with Crippen molar-refractivity contribution in [1.29, 1.82) is 5.26 Å². The molecule has 0 unspecified atom stereocenters. The van der Waals surface area contributed by atoms with Crippen LogP contribution in [-0.4, -0.2) is 4.98 Å². The summed E-state index contributed by atoms with van der Waals surface area (Å²) >= 11 is 3.40. The number of aromatic nitrogens is 1. The number of halogens is 1. The normalized spacial score (nSPS) is 10.3. The molecule has 2 aromatic carbocycles. The molecule has 1 aromatic heterocycles. The minimum absolute atomic E-state index is 0.312. The van der Waals surface area contributed by atoms with Gasteiger partial charge in [0.05, 0.1) is 11.6 Å². The van der Waals surface area contributed by atoms with Gasteiger partial charge in [0.15, 0.2) is 0 Å².